The van der Waals surface area contributed by atoms with E-state index in [-0.39, 0.29) is 18.9 Å². The Morgan fingerprint density at radius 2 is 1.68 bits per heavy atom. The van der Waals surface area contributed by atoms with E-state index >= 15 is 0 Å². The summed E-state index contributed by atoms with van der Waals surface area (Å²) in [5, 5.41) is 1.84. The molecule has 0 aliphatic carbocycles. The van der Waals surface area contributed by atoms with Gasteiger partial charge in [0.05, 0.1) is 23.0 Å². The van der Waals surface area contributed by atoms with Gasteiger partial charge in [-0.05, 0) is 69.2 Å². The first-order chi connectivity index (χ1) is 19.8. The summed E-state index contributed by atoms with van der Waals surface area (Å²) >= 11 is 0. The molecular formula is C31H35F3N6O. The van der Waals surface area contributed by atoms with Crippen molar-refractivity contribution >= 4 is 34.5 Å². The SMILES string of the molecule is C=Nc1ncc2[nH]c3ncc(-c4ccc(CN5CCC(C(F)(F)F)CC5)cc4)cc3c2c1OC1CCN(CC)CC1. The van der Waals surface area contributed by atoms with Crippen molar-refractivity contribution in [3.8, 4) is 16.9 Å². The molecule has 4 aromatic rings. The Morgan fingerprint density at radius 3 is 2.34 bits per heavy atom. The molecule has 2 fully saturated rings. The number of benzene rings is 1. The van der Waals surface area contributed by atoms with Crippen molar-refractivity contribution in [3.63, 3.8) is 0 Å². The number of nitrogens with one attached hydrogen (secondary N) is 1. The van der Waals surface area contributed by atoms with Crippen molar-refractivity contribution < 1.29 is 17.9 Å². The first-order valence-electron chi connectivity index (χ1n) is 14.4. The molecule has 0 bridgehead atoms. The van der Waals surface area contributed by atoms with Gasteiger partial charge in [-0.15, -0.1) is 0 Å². The van der Waals surface area contributed by atoms with E-state index in [9.17, 15) is 13.2 Å². The molecule has 6 rings (SSSR count). The van der Waals surface area contributed by atoms with E-state index in [1.807, 2.05) is 30.5 Å². The number of pyridine rings is 2. The zero-order valence-corrected chi connectivity index (χ0v) is 23.3. The Kier molecular flexibility index (Phi) is 7.70. The summed E-state index contributed by atoms with van der Waals surface area (Å²) in [6, 6.07) is 10.3. The number of aliphatic imine (C=N–C) groups is 1. The molecule has 0 amide bonds. The highest BCUT2D eigenvalue weighted by Crippen LogP contribution is 2.40. The summed E-state index contributed by atoms with van der Waals surface area (Å²) in [5.74, 6) is -0.0604. The average Bonchev–Trinajstić information content (AvgIpc) is 3.36. The molecule has 41 heavy (non-hydrogen) atoms. The Balaban J connectivity index is 1.24. The van der Waals surface area contributed by atoms with Crippen molar-refractivity contribution in [2.45, 2.75) is 51.4 Å². The number of hydrogen-bond donors (Lipinski definition) is 1. The summed E-state index contributed by atoms with van der Waals surface area (Å²) in [5.41, 5.74) is 4.64. The highest BCUT2D eigenvalue weighted by molar-refractivity contribution is 6.11. The lowest BCUT2D eigenvalue weighted by molar-refractivity contribution is -0.185. The van der Waals surface area contributed by atoms with Gasteiger partial charge in [0, 0.05) is 36.8 Å². The third-order valence-corrected chi connectivity index (χ3v) is 8.59. The van der Waals surface area contributed by atoms with Crippen LogP contribution in [0.4, 0.5) is 19.0 Å². The van der Waals surface area contributed by atoms with Crippen LogP contribution in [0.1, 0.15) is 38.2 Å². The molecule has 10 heteroatoms. The van der Waals surface area contributed by atoms with E-state index in [0.29, 0.717) is 31.2 Å². The van der Waals surface area contributed by atoms with Crippen LogP contribution in [0, 0.1) is 5.92 Å². The molecule has 0 unspecified atom stereocenters. The average molecular weight is 565 g/mol. The van der Waals surface area contributed by atoms with Gasteiger partial charge in [0.1, 0.15) is 11.8 Å². The van der Waals surface area contributed by atoms with E-state index in [1.54, 1.807) is 6.20 Å². The molecular weight excluding hydrogens is 529 g/mol. The molecule has 0 spiro atoms. The van der Waals surface area contributed by atoms with Crippen molar-refractivity contribution in [1.82, 2.24) is 24.8 Å². The van der Waals surface area contributed by atoms with Crippen LogP contribution in [0.2, 0.25) is 0 Å². The van der Waals surface area contributed by atoms with Crippen molar-refractivity contribution in [2.24, 2.45) is 10.9 Å². The number of alkyl halides is 3. The number of nitrogens with zero attached hydrogens (tertiary/aromatic N) is 5. The number of H-pyrrole nitrogens is 1. The number of piperidine rings is 2. The molecule has 5 heterocycles. The number of rotatable bonds is 7. The normalized spacial score (nSPS) is 18.3. The lowest BCUT2D eigenvalue weighted by atomic mass is 9.96. The third-order valence-electron chi connectivity index (χ3n) is 8.59. The lowest BCUT2D eigenvalue weighted by Crippen LogP contribution is -2.38. The van der Waals surface area contributed by atoms with Crippen molar-refractivity contribution in [3.05, 3.63) is 48.3 Å². The fourth-order valence-electron chi connectivity index (χ4n) is 6.10. The van der Waals surface area contributed by atoms with Gasteiger partial charge >= 0.3 is 6.18 Å². The molecule has 216 valence electrons. The predicted molar refractivity (Wildman–Crippen MR) is 156 cm³/mol. The molecule has 1 aromatic carbocycles. The van der Waals surface area contributed by atoms with Gasteiger partial charge in [-0.1, -0.05) is 31.2 Å². The largest absolute Gasteiger partial charge is 0.486 e. The van der Waals surface area contributed by atoms with Crippen LogP contribution < -0.4 is 4.74 Å². The topological polar surface area (TPSA) is 69.6 Å². The predicted octanol–water partition coefficient (Wildman–Crippen LogP) is 6.75. The number of aromatic amines is 1. The summed E-state index contributed by atoms with van der Waals surface area (Å²) in [6.07, 6.45) is 1.81. The highest BCUT2D eigenvalue weighted by Gasteiger charge is 2.41. The van der Waals surface area contributed by atoms with E-state index in [0.717, 1.165) is 71.1 Å². The van der Waals surface area contributed by atoms with Gasteiger partial charge < -0.3 is 14.6 Å². The van der Waals surface area contributed by atoms with Crippen LogP contribution >= 0.6 is 0 Å². The first-order valence-corrected chi connectivity index (χ1v) is 14.4. The van der Waals surface area contributed by atoms with Gasteiger partial charge in [0.25, 0.3) is 0 Å². The van der Waals surface area contributed by atoms with Gasteiger partial charge in [-0.25, -0.2) is 15.0 Å². The second kappa shape index (κ2) is 11.4. The van der Waals surface area contributed by atoms with Crippen LogP contribution in [0.15, 0.2) is 47.7 Å². The molecule has 0 saturated carbocycles. The first kappa shape index (κ1) is 27.7. The summed E-state index contributed by atoms with van der Waals surface area (Å²) < 4.78 is 45.6. The molecule has 2 aliphatic rings. The summed E-state index contributed by atoms with van der Waals surface area (Å²) in [7, 11) is 0. The quantitative estimate of drug-likeness (QED) is 0.252. The monoisotopic (exact) mass is 564 g/mol. The number of likely N-dealkylation sites (tertiary alicyclic amines) is 2. The van der Waals surface area contributed by atoms with E-state index < -0.39 is 12.1 Å². The fourth-order valence-corrected chi connectivity index (χ4v) is 6.10. The highest BCUT2D eigenvalue weighted by atomic mass is 19.4. The minimum absolute atomic E-state index is 0.0820. The fraction of sp³-hybridized carbons (Fsp3) is 0.452. The standard InChI is InChI=1S/C31H35F3N6O/c1-3-39-14-10-24(11-15-39)41-28-27-25-16-22(17-36-29(25)38-26(27)18-37-30(28)35-2)21-6-4-20(5-7-21)19-40-12-8-23(9-13-40)31(32,33)34/h4-7,16-18,23-24H,2-3,8-15,19H2,1H3,(H,36,38). The Bertz CT molecular complexity index is 1520. The molecule has 0 atom stereocenters. The maximum atomic E-state index is 13.0. The summed E-state index contributed by atoms with van der Waals surface area (Å²) in [4.78, 5) is 21.3. The van der Waals surface area contributed by atoms with E-state index in [2.05, 4.69) is 44.5 Å². The van der Waals surface area contributed by atoms with Crippen molar-refractivity contribution in [2.75, 3.05) is 32.7 Å². The smallest absolute Gasteiger partial charge is 0.391 e. The molecule has 1 N–H and O–H groups in total. The number of aromatic nitrogens is 3. The molecule has 7 nitrogen and oxygen atoms in total. The van der Waals surface area contributed by atoms with Crippen molar-refractivity contribution in [1.29, 1.82) is 0 Å². The minimum Gasteiger partial charge on any atom is -0.486 e. The third kappa shape index (κ3) is 5.81. The Morgan fingerprint density at radius 1 is 0.976 bits per heavy atom. The molecule has 2 aliphatic heterocycles. The van der Waals surface area contributed by atoms with Gasteiger partial charge in [0.15, 0.2) is 11.6 Å². The maximum Gasteiger partial charge on any atom is 0.391 e. The molecule has 3 aromatic heterocycles. The van der Waals surface area contributed by atoms with Crippen LogP contribution in [0.5, 0.6) is 5.75 Å². The van der Waals surface area contributed by atoms with Crippen LogP contribution in [0.3, 0.4) is 0 Å². The van der Waals surface area contributed by atoms with Gasteiger partial charge in [0.2, 0.25) is 0 Å². The molecule has 2 saturated heterocycles. The lowest BCUT2D eigenvalue weighted by Gasteiger charge is -2.32. The van der Waals surface area contributed by atoms with Crippen LogP contribution in [-0.4, -0.2) is 76.5 Å². The van der Waals surface area contributed by atoms with Crippen LogP contribution in [0.25, 0.3) is 33.1 Å². The summed E-state index contributed by atoms with van der Waals surface area (Å²) in [6.45, 7) is 10.5. The molecule has 0 radical (unpaired) electrons. The zero-order valence-electron chi connectivity index (χ0n) is 23.3. The Hall–Kier alpha value is -3.50. The van der Waals surface area contributed by atoms with E-state index in [4.69, 9.17) is 9.72 Å². The van der Waals surface area contributed by atoms with Gasteiger partial charge in [-0.2, -0.15) is 13.2 Å². The minimum atomic E-state index is -4.09. The number of hydrogen-bond acceptors (Lipinski definition) is 6. The van der Waals surface area contributed by atoms with E-state index in [1.165, 1.54) is 0 Å². The second-order valence-corrected chi connectivity index (χ2v) is 11.1. The number of fused-ring (bicyclic) bond motifs is 3. The Labute approximate surface area is 237 Å². The second-order valence-electron chi connectivity index (χ2n) is 11.1. The maximum absolute atomic E-state index is 13.0. The number of halogens is 3. The number of ether oxygens (including phenoxy) is 1. The van der Waals surface area contributed by atoms with Crippen LogP contribution in [-0.2, 0) is 6.54 Å². The zero-order chi connectivity index (χ0) is 28.6. The van der Waals surface area contributed by atoms with Gasteiger partial charge in [-0.3, -0.25) is 4.90 Å².